The second-order valence-corrected chi connectivity index (χ2v) is 10.0. The van der Waals surface area contributed by atoms with Crippen molar-refractivity contribution in [1.82, 2.24) is 4.90 Å². The van der Waals surface area contributed by atoms with Gasteiger partial charge in [0.05, 0.1) is 5.56 Å². The molecule has 0 unspecified atom stereocenters. The summed E-state index contributed by atoms with van der Waals surface area (Å²) in [6.45, 7) is 7.51. The molecule has 2 atom stereocenters. The summed E-state index contributed by atoms with van der Waals surface area (Å²) in [4.78, 5) is 27.2. The number of likely N-dealkylation sites (tertiary alicyclic amines) is 1. The lowest BCUT2D eigenvalue weighted by Gasteiger charge is -2.39. The van der Waals surface area contributed by atoms with E-state index in [4.69, 9.17) is 4.74 Å². The molecule has 1 amide bonds. The van der Waals surface area contributed by atoms with Crippen LogP contribution in [0.2, 0.25) is 0 Å². The summed E-state index contributed by atoms with van der Waals surface area (Å²) in [5, 5.41) is 0. The standard InChI is InChI=1S/C23H31NO3/c1-22(2)11-19-12-23(3,14-22)15-24(19)20(25)13-27-21(26)18-9-8-16-6-4-5-7-17(16)10-18/h8-10,19H,4-7,11-15H2,1-3H3/t19-,23+/m1/s1. The van der Waals surface area contributed by atoms with Crippen molar-refractivity contribution in [2.24, 2.45) is 10.8 Å². The molecule has 0 N–H and O–H groups in total. The van der Waals surface area contributed by atoms with Crippen LogP contribution in [0.25, 0.3) is 0 Å². The van der Waals surface area contributed by atoms with Gasteiger partial charge < -0.3 is 9.64 Å². The molecular formula is C23H31NO3. The van der Waals surface area contributed by atoms with Crippen LogP contribution in [0.5, 0.6) is 0 Å². The van der Waals surface area contributed by atoms with E-state index in [-0.39, 0.29) is 35.4 Å². The van der Waals surface area contributed by atoms with Crippen LogP contribution < -0.4 is 0 Å². The van der Waals surface area contributed by atoms with E-state index in [1.807, 2.05) is 23.1 Å². The highest BCUT2D eigenvalue weighted by atomic mass is 16.5. The molecule has 0 spiro atoms. The molecule has 4 rings (SSSR count). The van der Waals surface area contributed by atoms with E-state index in [1.165, 1.54) is 24.0 Å². The molecule has 0 aromatic heterocycles. The average molecular weight is 370 g/mol. The number of hydrogen-bond donors (Lipinski definition) is 0. The first kappa shape index (κ1) is 18.5. The Balaban J connectivity index is 1.38. The molecule has 1 aliphatic heterocycles. The fourth-order valence-corrected chi connectivity index (χ4v) is 5.91. The molecule has 4 nitrogen and oxygen atoms in total. The van der Waals surface area contributed by atoms with Gasteiger partial charge in [-0.2, -0.15) is 0 Å². The number of rotatable bonds is 3. The highest BCUT2D eigenvalue weighted by Crippen LogP contribution is 2.52. The minimum Gasteiger partial charge on any atom is -0.452 e. The first-order chi connectivity index (χ1) is 12.7. The van der Waals surface area contributed by atoms with Gasteiger partial charge in [-0.25, -0.2) is 4.79 Å². The third kappa shape index (κ3) is 3.76. The summed E-state index contributed by atoms with van der Waals surface area (Å²) >= 11 is 0. The zero-order valence-electron chi connectivity index (χ0n) is 16.8. The first-order valence-corrected chi connectivity index (χ1v) is 10.3. The van der Waals surface area contributed by atoms with Crippen molar-refractivity contribution in [3.8, 4) is 0 Å². The maximum absolute atomic E-state index is 12.8. The Morgan fingerprint density at radius 3 is 2.63 bits per heavy atom. The predicted molar refractivity (Wildman–Crippen MR) is 105 cm³/mol. The highest BCUT2D eigenvalue weighted by Gasteiger charge is 2.50. The number of carbonyl (C=O) groups is 2. The smallest absolute Gasteiger partial charge is 0.338 e. The summed E-state index contributed by atoms with van der Waals surface area (Å²) in [6, 6.07) is 6.12. The Kier molecular flexibility index (Phi) is 4.56. The summed E-state index contributed by atoms with van der Waals surface area (Å²) in [5.74, 6) is -0.432. The largest absolute Gasteiger partial charge is 0.452 e. The molecule has 3 aliphatic rings. The number of ether oxygens (including phenoxy) is 1. The van der Waals surface area contributed by atoms with E-state index in [9.17, 15) is 9.59 Å². The Morgan fingerprint density at radius 2 is 1.85 bits per heavy atom. The van der Waals surface area contributed by atoms with Gasteiger partial charge in [0.2, 0.25) is 0 Å². The molecule has 1 aromatic carbocycles. The quantitative estimate of drug-likeness (QED) is 0.752. The fourth-order valence-electron chi connectivity index (χ4n) is 5.91. The lowest BCUT2D eigenvalue weighted by molar-refractivity contribution is -0.135. The van der Waals surface area contributed by atoms with Crippen LogP contribution in [-0.2, 0) is 22.4 Å². The SMILES string of the molecule is CC1(C)C[C@@H]2C[C@](C)(CN2C(=O)COC(=O)c2ccc3c(c2)CCCC3)C1. The molecular weight excluding hydrogens is 338 g/mol. The third-order valence-electron chi connectivity index (χ3n) is 6.65. The van der Waals surface area contributed by atoms with Gasteiger partial charge >= 0.3 is 5.97 Å². The number of amides is 1. The third-order valence-corrected chi connectivity index (χ3v) is 6.65. The van der Waals surface area contributed by atoms with Gasteiger partial charge in [-0.3, -0.25) is 4.79 Å². The molecule has 2 aliphatic carbocycles. The molecule has 1 aromatic rings. The lowest BCUT2D eigenvalue weighted by Crippen LogP contribution is -2.39. The number of esters is 1. The van der Waals surface area contributed by atoms with E-state index in [1.54, 1.807) is 0 Å². The van der Waals surface area contributed by atoms with Crippen LogP contribution in [0.15, 0.2) is 18.2 Å². The van der Waals surface area contributed by atoms with E-state index in [0.717, 1.165) is 38.6 Å². The Bertz CT molecular complexity index is 769. The van der Waals surface area contributed by atoms with Gasteiger partial charge in [0.1, 0.15) is 0 Å². The van der Waals surface area contributed by atoms with E-state index >= 15 is 0 Å². The highest BCUT2D eigenvalue weighted by molar-refractivity contribution is 5.91. The molecule has 1 saturated carbocycles. The minimum atomic E-state index is -0.384. The summed E-state index contributed by atoms with van der Waals surface area (Å²) in [5.41, 5.74) is 3.63. The minimum absolute atomic E-state index is 0.0484. The van der Waals surface area contributed by atoms with Crippen molar-refractivity contribution >= 4 is 11.9 Å². The van der Waals surface area contributed by atoms with Crippen molar-refractivity contribution in [2.45, 2.75) is 71.8 Å². The average Bonchev–Trinajstić information content (AvgIpc) is 2.87. The number of benzene rings is 1. The number of carbonyl (C=O) groups excluding carboxylic acids is 2. The second kappa shape index (κ2) is 6.65. The van der Waals surface area contributed by atoms with Crippen LogP contribution in [-0.4, -0.2) is 36.0 Å². The summed E-state index contributed by atoms with van der Waals surface area (Å²) in [7, 11) is 0. The topological polar surface area (TPSA) is 46.6 Å². The van der Waals surface area contributed by atoms with Gasteiger partial charge in [0.15, 0.2) is 6.61 Å². The first-order valence-electron chi connectivity index (χ1n) is 10.3. The Hall–Kier alpha value is -1.84. The molecule has 146 valence electrons. The van der Waals surface area contributed by atoms with Gasteiger partial charge in [-0.05, 0) is 79.0 Å². The van der Waals surface area contributed by atoms with Crippen LogP contribution in [0, 0.1) is 10.8 Å². The van der Waals surface area contributed by atoms with Crippen LogP contribution in [0.3, 0.4) is 0 Å². The molecule has 2 bridgehead atoms. The zero-order chi connectivity index (χ0) is 19.2. The second-order valence-electron chi connectivity index (χ2n) is 10.0. The van der Waals surface area contributed by atoms with Crippen molar-refractivity contribution in [3.05, 3.63) is 34.9 Å². The van der Waals surface area contributed by atoms with Crippen molar-refractivity contribution in [1.29, 1.82) is 0 Å². The van der Waals surface area contributed by atoms with Crippen molar-refractivity contribution < 1.29 is 14.3 Å². The maximum Gasteiger partial charge on any atom is 0.338 e. The summed E-state index contributed by atoms with van der Waals surface area (Å²) in [6.07, 6.45) is 7.77. The normalized spacial score (nSPS) is 28.6. The van der Waals surface area contributed by atoms with Gasteiger partial charge in [0.25, 0.3) is 5.91 Å². The number of fused-ring (bicyclic) bond motifs is 3. The maximum atomic E-state index is 12.8. The lowest BCUT2D eigenvalue weighted by atomic mass is 9.65. The van der Waals surface area contributed by atoms with Crippen molar-refractivity contribution in [3.63, 3.8) is 0 Å². The predicted octanol–water partition coefficient (Wildman–Crippen LogP) is 4.15. The fraction of sp³-hybridized carbons (Fsp3) is 0.652. The molecule has 1 saturated heterocycles. The molecule has 0 radical (unpaired) electrons. The van der Waals surface area contributed by atoms with E-state index in [2.05, 4.69) is 20.8 Å². The van der Waals surface area contributed by atoms with Gasteiger partial charge in [0, 0.05) is 12.6 Å². The number of aryl methyl sites for hydroxylation is 2. The molecule has 4 heteroatoms. The van der Waals surface area contributed by atoms with E-state index < -0.39 is 0 Å². The Morgan fingerprint density at radius 1 is 1.11 bits per heavy atom. The monoisotopic (exact) mass is 369 g/mol. The molecule has 2 fully saturated rings. The molecule has 1 heterocycles. The number of hydrogen-bond acceptors (Lipinski definition) is 3. The zero-order valence-corrected chi connectivity index (χ0v) is 16.8. The number of nitrogens with zero attached hydrogens (tertiary/aromatic N) is 1. The van der Waals surface area contributed by atoms with E-state index in [0.29, 0.717) is 5.56 Å². The van der Waals surface area contributed by atoms with Gasteiger partial charge in [-0.1, -0.05) is 26.8 Å². The van der Waals surface area contributed by atoms with Crippen molar-refractivity contribution in [2.75, 3.05) is 13.2 Å². The van der Waals surface area contributed by atoms with Gasteiger partial charge in [-0.15, -0.1) is 0 Å². The molecule has 27 heavy (non-hydrogen) atoms. The Labute approximate surface area is 162 Å². The van der Waals surface area contributed by atoms with Crippen LogP contribution in [0.1, 0.15) is 74.4 Å². The van der Waals surface area contributed by atoms with Crippen LogP contribution in [0.4, 0.5) is 0 Å². The summed E-state index contributed by atoms with van der Waals surface area (Å²) < 4.78 is 5.40. The van der Waals surface area contributed by atoms with Crippen LogP contribution >= 0.6 is 0 Å².